The molecule has 1 aromatic carbocycles. The Hall–Kier alpha value is -2.49. The molecule has 2 rings (SSSR count). The third-order valence-corrected chi connectivity index (χ3v) is 4.51. The van der Waals surface area contributed by atoms with Crippen LogP contribution in [0.15, 0.2) is 35.2 Å². The van der Waals surface area contributed by atoms with E-state index in [1.165, 1.54) is 24.3 Å². The Balaban J connectivity index is 1.98. The maximum absolute atomic E-state index is 12.1. The number of primary sulfonamides is 1. The number of nitrogens with zero attached hydrogens (tertiary/aromatic N) is 1. The summed E-state index contributed by atoms with van der Waals surface area (Å²) in [5.41, 5.74) is 1.67. The Morgan fingerprint density at radius 1 is 1.23 bits per heavy atom. The number of nitrogens with one attached hydrogen (secondary N) is 1. The lowest BCUT2D eigenvalue weighted by molar-refractivity contribution is -0.119. The molecule has 0 unspecified atom stereocenters. The van der Waals surface area contributed by atoms with Crippen molar-refractivity contribution in [3.05, 3.63) is 52.3 Å². The van der Waals surface area contributed by atoms with Crippen LogP contribution in [0, 0.1) is 13.8 Å². The number of aromatic nitrogens is 1. The fourth-order valence-corrected chi connectivity index (χ4v) is 3.04. The van der Waals surface area contributed by atoms with Crippen molar-refractivity contribution in [1.29, 1.82) is 0 Å². The summed E-state index contributed by atoms with van der Waals surface area (Å²) in [4.78, 5) is 27.9. The van der Waals surface area contributed by atoms with Gasteiger partial charge >= 0.3 is 5.97 Å². The molecule has 26 heavy (non-hydrogen) atoms. The Morgan fingerprint density at radius 3 is 2.38 bits per heavy atom. The molecule has 0 spiro atoms. The topological polar surface area (TPSA) is 128 Å². The van der Waals surface area contributed by atoms with Crippen LogP contribution in [0.2, 0.25) is 5.15 Å². The van der Waals surface area contributed by atoms with Crippen LogP contribution in [-0.2, 0) is 19.6 Å². The number of sulfonamides is 1. The molecule has 138 valence electrons. The Morgan fingerprint density at radius 2 is 1.85 bits per heavy atom. The van der Waals surface area contributed by atoms with Crippen LogP contribution in [0.4, 0.5) is 5.69 Å². The first-order valence-electron chi connectivity index (χ1n) is 7.31. The standard InChI is InChI=1S/C16H16ClN3O5S/c1-9-7-10(2)19-15(17)14(9)16(22)25-8-13(21)20-11-3-5-12(6-4-11)26(18,23)24/h3-7H,8H2,1-2H3,(H,20,21)(H2,18,23,24). The van der Waals surface area contributed by atoms with Gasteiger partial charge in [0.15, 0.2) is 6.61 Å². The summed E-state index contributed by atoms with van der Waals surface area (Å²) in [6.07, 6.45) is 0. The summed E-state index contributed by atoms with van der Waals surface area (Å²) in [6, 6.07) is 6.90. The molecule has 1 amide bonds. The monoisotopic (exact) mass is 397 g/mol. The van der Waals surface area contributed by atoms with Crippen LogP contribution in [0.25, 0.3) is 0 Å². The molecular formula is C16H16ClN3O5S. The zero-order valence-corrected chi connectivity index (χ0v) is 15.5. The highest BCUT2D eigenvalue weighted by Gasteiger charge is 2.18. The lowest BCUT2D eigenvalue weighted by atomic mass is 10.1. The van der Waals surface area contributed by atoms with Gasteiger partial charge in [0.2, 0.25) is 10.0 Å². The predicted molar refractivity (Wildman–Crippen MR) is 95.4 cm³/mol. The van der Waals surface area contributed by atoms with E-state index in [1.807, 2.05) is 0 Å². The molecule has 0 bridgehead atoms. The van der Waals surface area contributed by atoms with E-state index in [0.717, 1.165) is 0 Å². The van der Waals surface area contributed by atoms with Gasteiger partial charge in [0.05, 0.1) is 10.5 Å². The Kier molecular flexibility index (Phi) is 5.96. The van der Waals surface area contributed by atoms with Gasteiger partial charge in [0.1, 0.15) is 5.15 Å². The summed E-state index contributed by atoms with van der Waals surface area (Å²) in [5.74, 6) is -1.37. The van der Waals surface area contributed by atoms with Crippen LogP contribution < -0.4 is 10.5 Å². The van der Waals surface area contributed by atoms with Gasteiger partial charge in [-0.2, -0.15) is 0 Å². The highest BCUT2D eigenvalue weighted by molar-refractivity contribution is 7.89. The van der Waals surface area contributed by atoms with E-state index in [4.69, 9.17) is 21.5 Å². The van der Waals surface area contributed by atoms with Crippen molar-refractivity contribution < 1.29 is 22.7 Å². The normalized spacial score (nSPS) is 11.1. The summed E-state index contributed by atoms with van der Waals surface area (Å²) >= 11 is 5.95. The number of rotatable bonds is 5. The molecule has 0 saturated carbocycles. The molecule has 0 fully saturated rings. The number of hydrogen-bond acceptors (Lipinski definition) is 6. The first kappa shape index (κ1) is 19.8. The number of amides is 1. The van der Waals surface area contributed by atoms with E-state index in [-0.39, 0.29) is 15.6 Å². The van der Waals surface area contributed by atoms with Crippen LogP contribution in [0.3, 0.4) is 0 Å². The van der Waals surface area contributed by atoms with Gasteiger partial charge in [-0.1, -0.05) is 11.6 Å². The minimum atomic E-state index is -3.81. The number of carbonyl (C=O) groups excluding carboxylic acids is 2. The van der Waals surface area contributed by atoms with Crippen LogP contribution in [0.1, 0.15) is 21.6 Å². The number of halogens is 1. The van der Waals surface area contributed by atoms with E-state index >= 15 is 0 Å². The fourth-order valence-electron chi connectivity index (χ4n) is 2.16. The van der Waals surface area contributed by atoms with Crippen LogP contribution in [-0.4, -0.2) is 31.9 Å². The minimum Gasteiger partial charge on any atom is -0.452 e. The molecular weight excluding hydrogens is 382 g/mol. The number of carbonyl (C=O) groups is 2. The molecule has 0 aliphatic heterocycles. The van der Waals surface area contributed by atoms with Gasteiger partial charge < -0.3 is 10.1 Å². The first-order chi connectivity index (χ1) is 12.1. The van der Waals surface area contributed by atoms with E-state index in [0.29, 0.717) is 16.9 Å². The second-order valence-corrected chi connectivity index (χ2v) is 7.36. The van der Waals surface area contributed by atoms with Gasteiger partial charge in [-0.05, 0) is 49.7 Å². The first-order valence-corrected chi connectivity index (χ1v) is 9.24. The second-order valence-electron chi connectivity index (χ2n) is 5.44. The quantitative estimate of drug-likeness (QED) is 0.584. The van der Waals surface area contributed by atoms with Crippen molar-refractivity contribution >= 4 is 39.2 Å². The molecule has 1 aromatic heterocycles. The molecule has 10 heteroatoms. The number of ether oxygens (including phenoxy) is 1. The predicted octanol–water partition coefficient (Wildman–Crippen LogP) is 1.79. The van der Waals surface area contributed by atoms with E-state index in [9.17, 15) is 18.0 Å². The number of esters is 1. The molecule has 0 aliphatic carbocycles. The minimum absolute atomic E-state index is 0.00601. The van der Waals surface area contributed by atoms with Crippen LogP contribution >= 0.6 is 11.6 Å². The van der Waals surface area contributed by atoms with Gasteiger partial charge in [-0.25, -0.2) is 23.3 Å². The number of anilines is 1. The van der Waals surface area contributed by atoms with Crippen molar-refractivity contribution in [2.45, 2.75) is 18.7 Å². The summed E-state index contributed by atoms with van der Waals surface area (Å²) in [7, 11) is -3.81. The Labute approximate surface area is 155 Å². The van der Waals surface area contributed by atoms with E-state index < -0.39 is 28.5 Å². The smallest absolute Gasteiger partial charge is 0.342 e. The second kappa shape index (κ2) is 7.81. The maximum Gasteiger partial charge on any atom is 0.342 e. The molecule has 0 atom stereocenters. The average Bonchev–Trinajstić information content (AvgIpc) is 2.51. The Bertz CT molecular complexity index is 935. The molecule has 3 N–H and O–H groups in total. The van der Waals surface area contributed by atoms with E-state index in [2.05, 4.69) is 10.3 Å². The summed E-state index contributed by atoms with van der Waals surface area (Å²) in [5, 5.41) is 7.46. The SMILES string of the molecule is Cc1cc(C)c(C(=O)OCC(=O)Nc2ccc(S(N)(=O)=O)cc2)c(Cl)n1. The fraction of sp³-hybridized carbons (Fsp3) is 0.188. The highest BCUT2D eigenvalue weighted by Crippen LogP contribution is 2.19. The summed E-state index contributed by atoms with van der Waals surface area (Å²) in [6.45, 7) is 2.88. The van der Waals surface area contributed by atoms with Gasteiger partial charge in [0, 0.05) is 11.4 Å². The molecule has 8 nitrogen and oxygen atoms in total. The van der Waals surface area contributed by atoms with Crippen LogP contribution in [0.5, 0.6) is 0 Å². The van der Waals surface area contributed by atoms with Gasteiger partial charge in [-0.15, -0.1) is 0 Å². The molecule has 1 heterocycles. The number of benzene rings is 1. The maximum atomic E-state index is 12.1. The average molecular weight is 398 g/mol. The number of pyridine rings is 1. The third kappa shape index (κ3) is 5.01. The number of aryl methyl sites for hydroxylation is 2. The molecule has 0 radical (unpaired) electrons. The lowest BCUT2D eigenvalue weighted by Crippen LogP contribution is -2.21. The third-order valence-electron chi connectivity index (χ3n) is 3.31. The van der Waals surface area contributed by atoms with Crippen molar-refractivity contribution in [3.8, 4) is 0 Å². The van der Waals surface area contributed by atoms with Gasteiger partial charge in [0.25, 0.3) is 5.91 Å². The van der Waals surface area contributed by atoms with Crippen molar-refractivity contribution in [2.24, 2.45) is 5.14 Å². The van der Waals surface area contributed by atoms with Gasteiger partial charge in [-0.3, -0.25) is 4.79 Å². The highest BCUT2D eigenvalue weighted by atomic mass is 35.5. The lowest BCUT2D eigenvalue weighted by Gasteiger charge is -2.10. The summed E-state index contributed by atoms with van der Waals surface area (Å²) < 4.78 is 27.3. The molecule has 0 aliphatic rings. The van der Waals surface area contributed by atoms with Crippen molar-refractivity contribution in [3.63, 3.8) is 0 Å². The van der Waals surface area contributed by atoms with Crippen molar-refractivity contribution in [2.75, 3.05) is 11.9 Å². The molecule has 0 saturated heterocycles. The molecule has 2 aromatic rings. The zero-order chi connectivity index (χ0) is 19.5. The largest absolute Gasteiger partial charge is 0.452 e. The van der Waals surface area contributed by atoms with E-state index in [1.54, 1.807) is 19.9 Å². The number of nitrogens with two attached hydrogens (primary N) is 1. The number of hydrogen-bond donors (Lipinski definition) is 2. The van der Waals surface area contributed by atoms with Crippen molar-refractivity contribution in [1.82, 2.24) is 4.98 Å². The zero-order valence-electron chi connectivity index (χ0n) is 13.9.